The molecule has 0 aliphatic carbocycles. The Kier molecular flexibility index (Phi) is 6.01. The summed E-state index contributed by atoms with van der Waals surface area (Å²) in [4.78, 5) is 12.2. The summed E-state index contributed by atoms with van der Waals surface area (Å²) in [5.41, 5.74) is 6.67. The van der Waals surface area contributed by atoms with Gasteiger partial charge in [-0.3, -0.25) is 4.79 Å². The summed E-state index contributed by atoms with van der Waals surface area (Å²) < 4.78 is 1.06. The number of hydrogen-bond acceptors (Lipinski definition) is 2. The van der Waals surface area contributed by atoms with Crippen molar-refractivity contribution in [3.05, 3.63) is 34.3 Å². The molecule has 1 rings (SSSR count). The van der Waals surface area contributed by atoms with Gasteiger partial charge in [0.05, 0.1) is 0 Å². The Bertz CT molecular complexity index is 426. The van der Waals surface area contributed by atoms with Gasteiger partial charge in [0.1, 0.15) is 0 Å². The van der Waals surface area contributed by atoms with Crippen molar-refractivity contribution in [2.45, 2.75) is 39.2 Å². The molecule has 1 amide bonds. The quantitative estimate of drug-likeness (QED) is 0.844. The molecule has 0 aliphatic rings. The van der Waals surface area contributed by atoms with E-state index < -0.39 is 0 Å². The molecular weight excluding hydrogens is 304 g/mol. The molecule has 0 radical (unpaired) electrons. The van der Waals surface area contributed by atoms with Gasteiger partial charge in [0, 0.05) is 22.5 Å². The highest BCUT2D eigenvalue weighted by molar-refractivity contribution is 9.10. The number of hydrogen-bond donors (Lipinski definition) is 2. The maximum Gasteiger partial charge on any atom is 0.223 e. The number of halogens is 1. The third-order valence-electron chi connectivity index (χ3n) is 3.01. The summed E-state index contributed by atoms with van der Waals surface area (Å²) in [5, 5.41) is 2.93. The number of nitrogens with two attached hydrogens (primary N) is 1. The van der Waals surface area contributed by atoms with Gasteiger partial charge in [-0.25, -0.2) is 0 Å². The molecule has 0 saturated heterocycles. The van der Waals surface area contributed by atoms with Crippen LogP contribution in [-0.4, -0.2) is 18.0 Å². The third-order valence-corrected chi connectivity index (χ3v) is 3.78. The van der Waals surface area contributed by atoms with Crippen LogP contribution in [0.4, 0.5) is 0 Å². The highest BCUT2D eigenvalue weighted by Gasteiger charge is 2.20. The van der Waals surface area contributed by atoms with E-state index in [9.17, 15) is 4.79 Å². The predicted octanol–water partition coefficient (Wildman–Crippen LogP) is 2.87. The normalized spacial score (nSPS) is 13.1. The zero-order chi connectivity index (χ0) is 14.5. The second-order valence-electron chi connectivity index (χ2n) is 5.61. The summed E-state index contributed by atoms with van der Waals surface area (Å²) in [7, 11) is 0. The molecule has 19 heavy (non-hydrogen) atoms. The van der Waals surface area contributed by atoms with E-state index in [-0.39, 0.29) is 17.4 Å². The number of rotatable bonds is 6. The van der Waals surface area contributed by atoms with Gasteiger partial charge in [0.2, 0.25) is 5.91 Å². The molecule has 0 saturated carbocycles. The first-order chi connectivity index (χ1) is 8.83. The molecule has 0 spiro atoms. The lowest BCUT2D eigenvalue weighted by molar-refractivity contribution is -0.125. The minimum Gasteiger partial charge on any atom is -0.354 e. The predicted molar refractivity (Wildman–Crippen MR) is 82.9 cm³/mol. The van der Waals surface area contributed by atoms with Gasteiger partial charge in [-0.2, -0.15) is 0 Å². The summed E-state index contributed by atoms with van der Waals surface area (Å²) in [5.74, 6) is 0.0674. The Morgan fingerprint density at radius 3 is 2.58 bits per heavy atom. The fourth-order valence-electron chi connectivity index (χ4n) is 1.81. The van der Waals surface area contributed by atoms with E-state index in [2.05, 4.69) is 21.2 Å². The van der Waals surface area contributed by atoms with Crippen molar-refractivity contribution in [2.24, 2.45) is 11.7 Å². The van der Waals surface area contributed by atoms with E-state index >= 15 is 0 Å². The molecule has 1 aromatic carbocycles. The van der Waals surface area contributed by atoms with Crippen molar-refractivity contribution >= 4 is 21.8 Å². The third kappa shape index (κ3) is 5.74. The van der Waals surface area contributed by atoms with Crippen LogP contribution in [0.15, 0.2) is 28.7 Å². The van der Waals surface area contributed by atoms with Gasteiger partial charge in [-0.1, -0.05) is 41.1 Å². The van der Waals surface area contributed by atoms with Crippen molar-refractivity contribution in [2.75, 3.05) is 6.54 Å². The molecule has 106 valence electrons. The molecule has 4 heteroatoms. The summed E-state index contributed by atoms with van der Waals surface area (Å²) in [6.07, 6.45) is 1.56. The van der Waals surface area contributed by atoms with Crippen molar-refractivity contribution in [3.63, 3.8) is 0 Å². The highest BCUT2D eigenvalue weighted by Crippen LogP contribution is 2.21. The Labute approximate surface area is 124 Å². The fraction of sp³-hybridized carbons (Fsp3) is 0.533. The molecule has 0 bridgehead atoms. The van der Waals surface area contributed by atoms with Crippen molar-refractivity contribution < 1.29 is 4.79 Å². The van der Waals surface area contributed by atoms with Crippen LogP contribution in [0.2, 0.25) is 0 Å². The van der Waals surface area contributed by atoms with Gasteiger partial charge in [-0.15, -0.1) is 0 Å². The molecule has 1 aromatic rings. The van der Waals surface area contributed by atoms with Crippen LogP contribution < -0.4 is 11.1 Å². The molecule has 1 unspecified atom stereocenters. The van der Waals surface area contributed by atoms with Gasteiger partial charge >= 0.3 is 0 Å². The lowest BCUT2D eigenvalue weighted by atomic mass is 9.95. The molecule has 3 N–H and O–H groups in total. The first kappa shape index (κ1) is 16.2. The Balaban J connectivity index is 2.63. The van der Waals surface area contributed by atoms with E-state index in [1.807, 2.05) is 45.0 Å². The maximum absolute atomic E-state index is 12.2. The molecular formula is C15H23BrN2O. The molecule has 1 atom stereocenters. The first-order valence-electron chi connectivity index (χ1n) is 6.63. The van der Waals surface area contributed by atoms with Gasteiger partial charge < -0.3 is 11.1 Å². The molecule has 0 fully saturated rings. The van der Waals surface area contributed by atoms with E-state index in [0.29, 0.717) is 6.54 Å². The lowest BCUT2D eigenvalue weighted by Crippen LogP contribution is -2.46. The fourth-order valence-corrected chi connectivity index (χ4v) is 2.26. The summed E-state index contributed by atoms with van der Waals surface area (Å²) in [6, 6.07) is 8.02. The number of amides is 1. The van der Waals surface area contributed by atoms with Crippen LogP contribution in [-0.2, 0) is 11.2 Å². The lowest BCUT2D eigenvalue weighted by Gasteiger charge is -2.22. The second-order valence-corrected chi connectivity index (χ2v) is 6.46. The van der Waals surface area contributed by atoms with Gasteiger partial charge in [-0.05, 0) is 38.3 Å². The smallest absolute Gasteiger partial charge is 0.223 e. The van der Waals surface area contributed by atoms with Crippen molar-refractivity contribution in [1.82, 2.24) is 5.32 Å². The van der Waals surface area contributed by atoms with Crippen molar-refractivity contribution in [3.8, 4) is 0 Å². The largest absolute Gasteiger partial charge is 0.354 e. The first-order valence-corrected chi connectivity index (χ1v) is 7.43. The van der Waals surface area contributed by atoms with E-state index in [0.717, 1.165) is 22.9 Å². The minimum absolute atomic E-state index is 0.0129. The van der Waals surface area contributed by atoms with Crippen LogP contribution in [0.1, 0.15) is 32.8 Å². The van der Waals surface area contributed by atoms with Gasteiger partial charge in [0.15, 0.2) is 0 Å². The highest BCUT2D eigenvalue weighted by atomic mass is 79.9. The van der Waals surface area contributed by atoms with Crippen LogP contribution in [0.5, 0.6) is 0 Å². The number of carbonyl (C=O) groups excluding carboxylic acids is 1. The molecule has 0 aromatic heterocycles. The Morgan fingerprint density at radius 2 is 2.05 bits per heavy atom. The van der Waals surface area contributed by atoms with Crippen LogP contribution in [0.25, 0.3) is 0 Å². The topological polar surface area (TPSA) is 55.1 Å². The average Bonchev–Trinajstić information content (AvgIpc) is 2.34. The average molecular weight is 327 g/mol. The van der Waals surface area contributed by atoms with Gasteiger partial charge in [0.25, 0.3) is 0 Å². The molecule has 0 aliphatic heterocycles. The SMILES string of the molecule is CCC(Cc1ccccc1Br)C(=O)NCC(C)(C)N. The Hall–Kier alpha value is -0.870. The van der Waals surface area contributed by atoms with E-state index in [4.69, 9.17) is 5.73 Å². The standard InChI is InChI=1S/C15H23BrN2O/c1-4-11(14(19)18-10-15(2,3)17)9-12-7-5-6-8-13(12)16/h5-8,11H,4,9-10,17H2,1-3H3,(H,18,19). The van der Waals surface area contributed by atoms with Crippen LogP contribution in [0, 0.1) is 5.92 Å². The minimum atomic E-state index is -0.374. The van der Waals surface area contributed by atoms with Crippen LogP contribution >= 0.6 is 15.9 Å². The summed E-state index contributed by atoms with van der Waals surface area (Å²) in [6.45, 7) is 6.34. The zero-order valence-corrected chi connectivity index (χ0v) is 13.5. The van der Waals surface area contributed by atoms with Crippen molar-refractivity contribution in [1.29, 1.82) is 0 Å². The van der Waals surface area contributed by atoms with E-state index in [1.54, 1.807) is 0 Å². The Morgan fingerprint density at radius 1 is 1.42 bits per heavy atom. The maximum atomic E-state index is 12.2. The number of nitrogens with one attached hydrogen (secondary N) is 1. The number of carbonyl (C=O) groups is 1. The second kappa shape index (κ2) is 7.06. The number of benzene rings is 1. The monoisotopic (exact) mass is 326 g/mol. The zero-order valence-electron chi connectivity index (χ0n) is 11.9. The van der Waals surface area contributed by atoms with E-state index in [1.165, 1.54) is 0 Å². The molecule has 3 nitrogen and oxygen atoms in total. The summed E-state index contributed by atoms with van der Waals surface area (Å²) >= 11 is 3.52. The van der Waals surface area contributed by atoms with Crippen LogP contribution in [0.3, 0.4) is 0 Å². The molecule has 0 heterocycles.